The molecule has 1 aromatic heterocycles. The summed E-state index contributed by atoms with van der Waals surface area (Å²) in [4.78, 5) is 1.45. The molecule has 2 heteroatoms. The molecule has 0 radical (unpaired) electrons. The van der Waals surface area contributed by atoms with Crippen molar-refractivity contribution in [3.05, 3.63) is 22.4 Å². The molecule has 0 aliphatic rings. The largest absolute Gasteiger partial charge is 0.328 e. The number of thiophene rings is 1. The Hall–Kier alpha value is -0.340. The third kappa shape index (κ3) is 3.12. The van der Waals surface area contributed by atoms with Crippen molar-refractivity contribution in [3.63, 3.8) is 0 Å². The summed E-state index contributed by atoms with van der Waals surface area (Å²) >= 11 is 1.83. The van der Waals surface area contributed by atoms with Crippen LogP contribution < -0.4 is 5.73 Å². The third-order valence-corrected chi connectivity index (χ3v) is 3.45. The summed E-state index contributed by atoms with van der Waals surface area (Å²) < 4.78 is 0. The van der Waals surface area contributed by atoms with E-state index in [1.54, 1.807) is 0 Å². The summed E-state index contributed by atoms with van der Waals surface area (Å²) in [6.07, 6.45) is 1.13. The zero-order valence-corrected chi connectivity index (χ0v) is 9.47. The van der Waals surface area contributed by atoms with Crippen molar-refractivity contribution >= 4 is 11.3 Å². The minimum atomic E-state index is 0.294. The van der Waals surface area contributed by atoms with Gasteiger partial charge in [0.2, 0.25) is 0 Å². The molecule has 0 aliphatic carbocycles. The topological polar surface area (TPSA) is 26.0 Å². The molecule has 0 bridgehead atoms. The molecule has 13 heavy (non-hydrogen) atoms. The molecule has 2 atom stereocenters. The average Bonchev–Trinajstić information content (AvgIpc) is 2.50. The van der Waals surface area contributed by atoms with Crippen LogP contribution in [0.1, 0.15) is 25.6 Å². The van der Waals surface area contributed by atoms with E-state index in [-0.39, 0.29) is 0 Å². The lowest BCUT2D eigenvalue weighted by atomic mass is 9.86. The molecule has 0 fully saturated rings. The van der Waals surface area contributed by atoms with Crippen LogP contribution in [0.5, 0.6) is 0 Å². The van der Waals surface area contributed by atoms with Gasteiger partial charge in [-0.2, -0.15) is 0 Å². The van der Waals surface area contributed by atoms with Gasteiger partial charge in [-0.25, -0.2) is 0 Å². The SMILES string of the molecule is CC(C)C(Cc1cccs1)C(C)N. The molecule has 1 heterocycles. The smallest absolute Gasteiger partial charge is 0.00486 e. The summed E-state index contributed by atoms with van der Waals surface area (Å²) in [5.74, 6) is 1.28. The van der Waals surface area contributed by atoms with Crippen LogP contribution >= 0.6 is 11.3 Å². The van der Waals surface area contributed by atoms with Gasteiger partial charge in [0.25, 0.3) is 0 Å². The molecule has 0 saturated carbocycles. The predicted molar refractivity (Wildman–Crippen MR) is 60.0 cm³/mol. The van der Waals surface area contributed by atoms with Crippen LogP contribution in [0.25, 0.3) is 0 Å². The second-order valence-electron chi connectivity index (χ2n) is 4.05. The molecular formula is C11H19NS. The van der Waals surface area contributed by atoms with Crippen molar-refractivity contribution in [1.29, 1.82) is 0 Å². The molecule has 1 aromatic rings. The van der Waals surface area contributed by atoms with Gasteiger partial charge >= 0.3 is 0 Å². The number of hydrogen-bond acceptors (Lipinski definition) is 2. The second kappa shape index (κ2) is 4.77. The average molecular weight is 197 g/mol. The van der Waals surface area contributed by atoms with Crippen LogP contribution in [0.3, 0.4) is 0 Å². The lowest BCUT2D eigenvalue weighted by Crippen LogP contribution is -2.31. The first kappa shape index (κ1) is 10.7. The third-order valence-electron chi connectivity index (χ3n) is 2.55. The summed E-state index contributed by atoms with van der Waals surface area (Å²) in [6, 6.07) is 4.60. The lowest BCUT2D eigenvalue weighted by Gasteiger charge is -2.23. The summed E-state index contributed by atoms with van der Waals surface area (Å²) in [5.41, 5.74) is 5.96. The van der Waals surface area contributed by atoms with Crippen LogP contribution in [0, 0.1) is 11.8 Å². The van der Waals surface area contributed by atoms with Gasteiger partial charge < -0.3 is 5.73 Å². The Morgan fingerprint density at radius 2 is 2.08 bits per heavy atom. The molecule has 0 aliphatic heterocycles. The van der Waals surface area contributed by atoms with Crippen molar-refractivity contribution in [2.24, 2.45) is 17.6 Å². The van der Waals surface area contributed by atoms with E-state index in [1.807, 2.05) is 11.3 Å². The van der Waals surface area contributed by atoms with Gasteiger partial charge in [-0.05, 0) is 36.6 Å². The zero-order chi connectivity index (χ0) is 9.84. The maximum atomic E-state index is 5.96. The molecule has 0 spiro atoms. The molecule has 0 amide bonds. The quantitative estimate of drug-likeness (QED) is 0.789. The fourth-order valence-corrected chi connectivity index (χ4v) is 2.47. The van der Waals surface area contributed by atoms with E-state index in [0.29, 0.717) is 17.9 Å². The molecule has 0 aromatic carbocycles. The Balaban J connectivity index is 2.58. The maximum absolute atomic E-state index is 5.96. The second-order valence-corrected chi connectivity index (χ2v) is 5.08. The molecule has 1 nitrogen and oxygen atoms in total. The van der Waals surface area contributed by atoms with Gasteiger partial charge in [0, 0.05) is 10.9 Å². The van der Waals surface area contributed by atoms with Crippen LogP contribution in [0.2, 0.25) is 0 Å². The Kier molecular flexibility index (Phi) is 3.94. The molecular weight excluding hydrogens is 178 g/mol. The van der Waals surface area contributed by atoms with Gasteiger partial charge in [-0.3, -0.25) is 0 Å². The van der Waals surface area contributed by atoms with Gasteiger partial charge in [0.1, 0.15) is 0 Å². The van der Waals surface area contributed by atoms with E-state index in [9.17, 15) is 0 Å². The van der Waals surface area contributed by atoms with Gasteiger partial charge in [-0.1, -0.05) is 19.9 Å². The van der Waals surface area contributed by atoms with Crippen LogP contribution in [0.15, 0.2) is 17.5 Å². The Morgan fingerprint density at radius 1 is 1.38 bits per heavy atom. The predicted octanol–water partition coefficient (Wildman–Crippen LogP) is 2.91. The van der Waals surface area contributed by atoms with Crippen LogP contribution in [0.4, 0.5) is 0 Å². The van der Waals surface area contributed by atoms with E-state index >= 15 is 0 Å². The zero-order valence-electron chi connectivity index (χ0n) is 8.66. The fraction of sp³-hybridized carbons (Fsp3) is 0.636. The van der Waals surface area contributed by atoms with Crippen molar-refractivity contribution < 1.29 is 0 Å². The molecule has 2 N–H and O–H groups in total. The van der Waals surface area contributed by atoms with E-state index in [4.69, 9.17) is 5.73 Å². The van der Waals surface area contributed by atoms with Crippen LogP contribution in [-0.4, -0.2) is 6.04 Å². The molecule has 74 valence electrons. The van der Waals surface area contributed by atoms with E-state index in [0.717, 1.165) is 6.42 Å². The van der Waals surface area contributed by atoms with Gasteiger partial charge in [-0.15, -0.1) is 11.3 Å². The van der Waals surface area contributed by atoms with Crippen molar-refractivity contribution in [1.82, 2.24) is 0 Å². The Morgan fingerprint density at radius 3 is 2.46 bits per heavy atom. The minimum Gasteiger partial charge on any atom is -0.328 e. The number of nitrogens with two attached hydrogens (primary N) is 1. The highest BCUT2D eigenvalue weighted by atomic mass is 32.1. The summed E-state index contributed by atoms with van der Waals surface area (Å²) in [7, 11) is 0. The Bertz CT molecular complexity index is 218. The van der Waals surface area contributed by atoms with Crippen molar-refractivity contribution in [2.45, 2.75) is 33.2 Å². The highest BCUT2D eigenvalue weighted by molar-refractivity contribution is 7.09. The monoisotopic (exact) mass is 197 g/mol. The molecule has 0 saturated heterocycles. The highest BCUT2D eigenvalue weighted by Crippen LogP contribution is 2.22. The Labute approximate surface area is 85.0 Å². The lowest BCUT2D eigenvalue weighted by molar-refractivity contribution is 0.332. The van der Waals surface area contributed by atoms with Crippen molar-refractivity contribution in [2.75, 3.05) is 0 Å². The van der Waals surface area contributed by atoms with E-state index < -0.39 is 0 Å². The fourth-order valence-electron chi connectivity index (χ4n) is 1.69. The number of rotatable bonds is 4. The van der Waals surface area contributed by atoms with Crippen molar-refractivity contribution in [3.8, 4) is 0 Å². The maximum Gasteiger partial charge on any atom is 0.00486 e. The summed E-state index contributed by atoms with van der Waals surface area (Å²) in [5, 5.41) is 2.13. The number of hydrogen-bond donors (Lipinski definition) is 1. The van der Waals surface area contributed by atoms with E-state index in [2.05, 4.69) is 38.3 Å². The minimum absolute atomic E-state index is 0.294. The molecule has 2 unspecified atom stereocenters. The van der Waals surface area contributed by atoms with Crippen LogP contribution in [-0.2, 0) is 6.42 Å². The van der Waals surface area contributed by atoms with Gasteiger partial charge in [0.15, 0.2) is 0 Å². The van der Waals surface area contributed by atoms with Gasteiger partial charge in [0.05, 0.1) is 0 Å². The van der Waals surface area contributed by atoms with E-state index in [1.165, 1.54) is 4.88 Å². The summed E-state index contributed by atoms with van der Waals surface area (Å²) in [6.45, 7) is 6.61. The highest BCUT2D eigenvalue weighted by Gasteiger charge is 2.18. The molecule has 1 rings (SSSR count). The standard InChI is InChI=1S/C11H19NS/c1-8(2)11(9(3)12)7-10-5-4-6-13-10/h4-6,8-9,11H,7,12H2,1-3H3. The first-order chi connectivity index (χ1) is 6.11. The first-order valence-corrected chi connectivity index (χ1v) is 5.77. The normalized spacial score (nSPS) is 16.1. The first-order valence-electron chi connectivity index (χ1n) is 4.89.